The van der Waals surface area contributed by atoms with Crippen LogP contribution >= 0.6 is 0 Å². The van der Waals surface area contributed by atoms with Crippen molar-refractivity contribution < 1.29 is 16.9 Å². The van der Waals surface area contributed by atoms with E-state index in [0.29, 0.717) is 0 Å². The predicted molar refractivity (Wildman–Crippen MR) is 204 cm³/mol. The molecule has 0 radical (unpaired) electrons. The number of rotatable bonds is 39. The first-order valence-electron chi connectivity index (χ1n) is 21.5. The van der Waals surface area contributed by atoms with Crippen LogP contribution in [-0.2, 0) is 0 Å². The number of halogens is 1. The SMILES string of the molecule is CCCCCCCCCCCCCC[N+](C)(CCCCCCCCCCCCCC)CCCCCCCCCCCCCC.[Cl-]. The summed E-state index contributed by atoms with van der Waals surface area (Å²) in [7, 11) is 2.62. The zero-order chi connectivity index (χ0) is 32.1. The summed E-state index contributed by atoms with van der Waals surface area (Å²) in [6.45, 7) is 11.3. The van der Waals surface area contributed by atoms with Gasteiger partial charge in [-0.05, 0) is 38.5 Å². The van der Waals surface area contributed by atoms with E-state index < -0.39 is 0 Å². The Morgan fingerprint density at radius 1 is 0.222 bits per heavy atom. The van der Waals surface area contributed by atoms with Crippen LogP contribution in [0.15, 0.2) is 0 Å². The summed E-state index contributed by atoms with van der Waals surface area (Å²) in [5.41, 5.74) is 0. The molecular weight excluding hydrogens is 566 g/mol. The van der Waals surface area contributed by atoms with Crippen molar-refractivity contribution in [2.75, 3.05) is 26.7 Å². The van der Waals surface area contributed by atoms with Crippen LogP contribution in [0.3, 0.4) is 0 Å². The maximum atomic E-state index is 2.62. The number of nitrogens with zero attached hydrogens (tertiary/aromatic N) is 1. The normalized spacial score (nSPS) is 11.7. The summed E-state index contributed by atoms with van der Waals surface area (Å²) in [4.78, 5) is 0. The zero-order valence-corrected chi connectivity index (χ0v) is 33.2. The summed E-state index contributed by atoms with van der Waals surface area (Å²) < 4.78 is 1.37. The fourth-order valence-electron chi connectivity index (χ4n) is 7.34. The van der Waals surface area contributed by atoms with Crippen LogP contribution in [-0.4, -0.2) is 31.2 Å². The Kier molecular flexibility index (Phi) is 42.6. The maximum absolute atomic E-state index is 2.62. The minimum Gasteiger partial charge on any atom is -1.00 e. The average molecular weight is 657 g/mol. The van der Waals surface area contributed by atoms with Gasteiger partial charge in [0.2, 0.25) is 0 Å². The third-order valence-corrected chi connectivity index (χ3v) is 10.7. The third-order valence-electron chi connectivity index (χ3n) is 10.7. The van der Waals surface area contributed by atoms with Gasteiger partial charge in [0.1, 0.15) is 0 Å². The molecule has 0 saturated carbocycles. The fraction of sp³-hybridized carbons (Fsp3) is 1.00. The van der Waals surface area contributed by atoms with Crippen LogP contribution in [0.4, 0.5) is 0 Å². The Morgan fingerprint density at radius 2 is 0.356 bits per heavy atom. The lowest BCUT2D eigenvalue weighted by Gasteiger charge is -2.35. The van der Waals surface area contributed by atoms with E-state index in [1.807, 2.05) is 0 Å². The Balaban J connectivity index is 0. The summed E-state index contributed by atoms with van der Waals surface area (Å²) in [5.74, 6) is 0. The van der Waals surface area contributed by atoms with Gasteiger partial charge < -0.3 is 16.9 Å². The molecule has 0 fully saturated rings. The van der Waals surface area contributed by atoms with Gasteiger partial charge in [0.05, 0.1) is 26.7 Å². The standard InChI is InChI=1S/C43H90N.ClH/c1-5-8-11-14-17-20-23-26-29-32-35-38-41-44(4,42-39-36-33-30-27-24-21-18-15-12-9-6-2)43-40-37-34-31-28-25-22-19-16-13-10-7-3;/h5-43H2,1-4H3;1H/q+1;/p-1. The molecule has 0 aliphatic carbocycles. The van der Waals surface area contributed by atoms with Crippen LogP contribution in [0.25, 0.3) is 0 Å². The minimum atomic E-state index is 0. The van der Waals surface area contributed by atoms with Gasteiger partial charge in [0.25, 0.3) is 0 Å². The Morgan fingerprint density at radius 3 is 0.511 bits per heavy atom. The van der Waals surface area contributed by atoms with E-state index in [2.05, 4.69) is 27.8 Å². The highest BCUT2D eigenvalue weighted by atomic mass is 35.5. The average Bonchev–Trinajstić information content (AvgIpc) is 3.02. The molecule has 0 heterocycles. The second-order valence-corrected chi connectivity index (χ2v) is 15.5. The summed E-state index contributed by atoms with van der Waals surface area (Å²) >= 11 is 0. The molecule has 0 spiro atoms. The number of hydrogen-bond acceptors (Lipinski definition) is 0. The van der Waals surface area contributed by atoms with Crippen molar-refractivity contribution in [1.29, 1.82) is 0 Å². The molecule has 2 heteroatoms. The van der Waals surface area contributed by atoms with Crippen molar-refractivity contribution in [2.24, 2.45) is 0 Å². The summed E-state index contributed by atoms with van der Waals surface area (Å²) in [6, 6.07) is 0. The largest absolute Gasteiger partial charge is 1.00 e. The maximum Gasteiger partial charge on any atom is 0.0784 e. The van der Waals surface area contributed by atoms with Crippen LogP contribution in [0.1, 0.15) is 252 Å². The number of quaternary nitrogens is 1. The van der Waals surface area contributed by atoms with Crippen LogP contribution < -0.4 is 12.4 Å². The van der Waals surface area contributed by atoms with Gasteiger partial charge in [0.15, 0.2) is 0 Å². The Hall–Kier alpha value is 0.250. The van der Waals surface area contributed by atoms with E-state index in [-0.39, 0.29) is 12.4 Å². The van der Waals surface area contributed by atoms with Crippen molar-refractivity contribution in [1.82, 2.24) is 0 Å². The molecule has 0 bridgehead atoms. The quantitative estimate of drug-likeness (QED) is 0.0456. The van der Waals surface area contributed by atoms with Crippen LogP contribution in [0.2, 0.25) is 0 Å². The smallest absolute Gasteiger partial charge is 0.0784 e. The highest BCUT2D eigenvalue weighted by molar-refractivity contribution is 4.54. The van der Waals surface area contributed by atoms with Gasteiger partial charge in [-0.1, -0.05) is 213 Å². The third kappa shape index (κ3) is 38.6. The highest BCUT2D eigenvalue weighted by Gasteiger charge is 2.20. The lowest BCUT2D eigenvalue weighted by Crippen LogP contribution is -3.00. The van der Waals surface area contributed by atoms with E-state index in [9.17, 15) is 0 Å². The molecular formula is C43H90ClN. The first-order chi connectivity index (χ1) is 21.7. The van der Waals surface area contributed by atoms with Gasteiger partial charge in [-0.3, -0.25) is 0 Å². The molecule has 45 heavy (non-hydrogen) atoms. The highest BCUT2D eigenvalue weighted by Crippen LogP contribution is 2.18. The summed E-state index contributed by atoms with van der Waals surface area (Å²) in [5, 5.41) is 0. The van der Waals surface area contributed by atoms with Crippen molar-refractivity contribution in [3.05, 3.63) is 0 Å². The first-order valence-corrected chi connectivity index (χ1v) is 21.5. The van der Waals surface area contributed by atoms with E-state index in [1.165, 1.54) is 255 Å². The van der Waals surface area contributed by atoms with Gasteiger partial charge in [-0.25, -0.2) is 0 Å². The van der Waals surface area contributed by atoms with E-state index in [4.69, 9.17) is 0 Å². The Labute approximate surface area is 294 Å². The molecule has 0 unspecified atom stereocenters. The summed E-state index contributed by atoms with van der Waals surface area (Å²) in [6.07, 6.45) is 52.7. The molecule has 0 aliphatic rings. The molecule has 0 amide bonds. The van der Waals surface area contributed by atoms with E-state index >= 15 is 0 Å². The predicted octanol–water partition coefficient (Wildman–Crippen LogP) is 12.5. The molecule has 0 aromatic rings. The molecule has 1 nitrogen and oxygen atoms in total. The second kappa shape index (κ2) is 40.4. The first kappa shape index (κ1) is 47.4. The molecule has 0 aromatic carbocycles. The Bertz CT molecular complexity index is 437. The van der Waals surface area contributed by atoms with Crippen LogP contribution in [0, 0.1) is 0 Å². The topological polar surface area (TPSA) is 0 Å². The molecule has 0 N–H and O–H groups in total. The number of hydrogen-bond donors (Lipinski definition) is 0. The molecule has 0 rings (SSSR count). The molecule has 0 aromatic heterocycles. The van der Waals surface area contributed by atoms with Gasteiger partial charge in [0, 0.05) is 0 Å². The lowest BCUT2D eigenvalue weighted by molar-refractivity contribution is -0.910. The van der Waals surface area contributed by atoms with Gasteiger partial charge >= 0.3 is 0 Å². The van der Waals surface area contributed by atoms with E-state index in [1.54, 1.807) is 0 Å². The molecule has 0 saturated heterocycles. The van der Waals surface area contributed by atoms with Crippen molar-refractivity contribution >= 4 is 0 Å². The monoisotopic (exact) mass is 656 g/mol. The lowest BCUT2D eigenvalue weighted by atomic mass is 10.0. The van der Waals surface area contributed by atoms with Crippen molar-refractivity contribution in [3.63, 3.8) is 0 Å². The molecule has 0 atom stereocenters. The van der Waals surface area contributed by atoms with Crippen molar-refractivity contribution in [3.8, 4) is 0 Å². The van der Waals surface area contributed by atoms with Gasteiger partial charge in [-0.2, -0.15) is 0 Å². The van der Waals surface area contributed by atoms with Gasteiger partial charge in [-0.15, -0.1) is 0 Å². The fourth-order valence-corrected chi connectivity index (χ4v) is 7.34. The van der Waals surface area contributed by atoms with Crippen molar-refractivity contribution in [2.45, 2.75) is 252 Å². The minimum absolute atomic E-state index is 0. The number of unbranched alkanes of at least 4 members (excludes halogenated alkanes) is 33. The zero-order valence-electron chi connectivity index (χ0n) is 32.4. The second-order valence-electron chi connectivity index (χ2n) is 15.5. The van der Waals surface area contributed by atoms with Crippen LogP contribution in [0.5, 0.6) is 0 Å². The molecule has 274 valence electrons. The van der Waals surface area contributed by atoms with E-state index in [0.717, 1.165) is 0 Å². The molecule has 0 aliphatic heterocycles.